The molecule has 1 aromatic heterocycles. The van der Waals surface area contributed by atoms with Crippen LogP contribution in [0.5, 0.6) is 0 Å². The van der Waals surface area contributed by atoms with Gasteiger partial charge in [0.05, 0.1) is 18.9 Å². The number of rotatable bonds is 5. The maximum absolute atomic E-state index is 12.1. The van der Waals surface area contributed by atoms with Crippen molar-refractivity contribution in [1.82, 2.24) is 34.9 Å². The third-order valence-electron chi connectivity index (χ3n) is 4.39. The Hall–Kier alpha value is -1.81. The SMILES string of the molecule is CC(C)(C)NC(=O)CN1CCN(Cn2nnn(-c3ccc(Cl)cc3)c2=S)CC1. The first-order valence-corrected chi connectivity index (χ1v) is 10.0. The predicted octanol–water partition coefficient (Wildman–Crippen LogP) is 1.94. The lowest BCUT2D eigenvalue weighted by Gasteiger charge is -2.34. The number of nitrogens with zero attached hydrogens (tertiary/aromatic N) is 6. The van der Waals surface area contributed by atoms with Gasteiger partial charge in [-0.2, -0.15) is 4.68 Å². The molecule has 3 rings (SSSR count). The first kappa shape index (κ1) is 20.9. The highest BCUT2D eigenvalue weighted by atomic mass is 35.5. The zero-order chi connectivity index (χ0) is 20.3. The molecule has 2 aromatic rings. The number of amides is 1. The summed E-state index contributed by atoms with van der Waals surface area (Å²) in [7, 11) is 0. The second-order valence-electron chi connectivity index (χ2n) is 7.98. The Labute approximate surface area is 175 Å². The summed E-state index contributed by atoms with van der Waals surface area (Å²) in [6.45, 7) is 10.3. The average molecular weight is 424 g/mol. The van der Waals surface area contributed by atoms with Gasteiger partial charge in [0.25, 0.3) is 0 Å². The van der Waals surface area contributed by atoms with E-state index < -0.39 is 0 Å². The molecule has 1 fully saturated rings. The minimum atomic E-state index is -0.203. The van der Waals surface area contributed by atoms with Crippen LogP contribution in [0.15, 0.2) is 24.3 Å². The first-order valence-electron chi connectivity index (χ1n) is 9.26. The van der Waals surface area contributed by atoms with Crippen LogP contribution in [0, 0.1) is 4.77 Å². The lowest BCUT2D eigenvalue weighted by atomic mass is 10.1. The Bertz CT molecular complexity index is 863. The lowest BCUT2D eigenvalue weighted by molar-refractivity contribution is -0.124. The molecule has 0 aliphatic carbocycles. The summed E-state index contributed by atoms with van der Waals surface area (Å²) in [5.74, 6) is 0.0640. The zero-order valence-electron chi connectivity index (χ0n) is 16.4. The van der Waals surface area contributed by atoms with E-state index in [-0.39, 0.29) is 11.4 Å². The molecule has 1 N–H and O–H groups in total. The summed E-state index contributed by atoms with van der Waals surface area (Å²) >= 11 is 11.5. The van der Waals surface area contributed by atoms with Crippen LogP contribution in [0.4, 0.5) is 0 Å². The Morgan fingerprint density at radius 1 is 1.11 bits per heavy atom. The topological polar surface area (TPSA) is 71.2 Å². The molecule has 28 heavy (non-hydrogen) atoms. The van der Waals surface area contributed by atoms with Crippen LogP contribution in [0.1, 0.15) is 20.8 Å². The number of benzene rings is 1. The van der Waals surface area contributed by atoms with Gasteiger partial charge in [0.2, 0.25) is 10.7 Å². The van der Waals surface area contributed by atoms with Crippen LogP contribution in [0.3, 0.4) is 0 Å². The van der Waals surface area contributed by atoms with Gasteiger partial charge in [0, 0.05) is 36.7 Å². The highest BCUT2D eigenvalue weighted by molar-refractivity contribution is 7.71. The van der Waals surface area contributed by atoms with E-state index in [1.54, 1.807) is 21.5 Å². The number of carbonyl (C=O) groups excluding carboxylic acids is 1. The van der Waals surface area contributed by atoms with Crippen LogP contribution in [0.25, 0.3) is 5.69 Å². The van der Waals surface area contributed by atoms with Gasteiger partial charge in [-0.05, 0) is 67.7 Å². The van der Waals surface area contributed by atoms with Gasteiger partial charge in [0.1, 0.15) is 0 Å². The number of hydrogen-bond donors (Lipinski definition) is 1. The van der Waals surface area contributed by atoms with Crippen LogP contribution < -0.4 is 5.32 Å². The normalized spacial score (nSPS) is 16.3. The standard InChI is InChI=1S/C18H26ClN7OS/c1-18(2,3)20-16(27)12-23-8-10-24(11-9-23)13-25-17(28)26(22-21-25)15-6-4-14(19)5-7-15/h4-7H,8-13H2,1-3H3,(H,20,27). The Balaban J connectivity index is 1.53. The first-order chi connectivity index (χ1) is 13.2. The van der Waals surface area contributed by atoms with E-state index in [0.717, 1.165) is 31.9 Å². The average Bonchev–Trinajstić information content (AvgIpc) is 2.96. The van der Waals surface area contributed by atoms with Gasteiger partial charge < -0.3 is 5.32 Å². The number of tetrazole rings is 1. The maximum Gasteiger partial charge on any atom is 0.234 e. The van der Waals surface area contributed by atoms with Crippen molar-refractivity contribution in [2.45, 2.75) is 33.0 Å². The molecular formula is C18H26ClN7OS. The molecule has 0 saturated carbocycles. The minimum absolute atomic E-state index is 0.0640. The van der Waals surface area contributed by atoms with E-state index in [9.17, 15) is 4.79 Å². The number of nitrogens with one attached hydrogen (secondary N) is 1. The third-order valence-corrected chi connectivity index (χ3v) is 5.03. The number of aromatic nitrogens is 4. The van der Waals surface area contributed by atoms with Gasteiger partial charge >= 0.3 is 0 Å². The highest BCUT2D eigenvalue weighted by Crippen LogP contribution is 2.13. The fourth-order valence-corrected chi connectivity index (χ4v) is 3.41. The van der Waals surface area contributed by atoms with Crippen molar-refractivity contribution in [3.63, 3.8) is 0 Å². The Morgan fingerprint density at radius 3 is 2.32 bits per heavy atom. The quantitative estimate of drug-likeness (QED) is 0.741. The van der Waals surface area contributed by atoms with Gasteiger partial charge in [-0.15, -0.1) is 0 Å². The molecule has 1 saturated heterocycles. The van der Waals surface area contributed by atoms with Crippen LogP contribution in [0.2, 0.25) is 5.02 Å². The van der Waals surface area contributed by atoms with Gasteiger partial charge in [0.15, 0.2) is 0 Å². The van der Waals surface area contributed by atoms with Crippen molar-refractivity contribution in [2.75, 3.05) is 32.7 Å². The fourth-order valence-electron chi connectivity index (χ4n) is 3.05. The number of piperazine rings is 1. The van der Waals surface area contributed by atoms with E-state index in [1.165, 1.54) is 0 Å². The number of carbonyl (C=O) groups is 1. The van der Waals surface area contributed by atoms with Crippen LogP contribution in [-0.2, 0) is 11.5 Å². The molecule has 1 aliphatic heterocycles. The van der Waals surface area contributed by atoms with Crippen LogP contribution in [-0.4, -0.2) is 73.8 Å². The molecule has 0 spiro atoms. The summed E-state index contributed by atoms with van der Waals surface area (Å²) < 4.78 is 3.87. The van der Waals surface area contributed by atoms with E-state index >= 15 is 0 Å². The summed E-state index contributed by atoms with van der Waals surface area (Å²) in [5.41, 5.74) is 0.626. The van der Waals surface area contributed by atoms with Crippen molar-refractivity contribution >= 4 is 29.7 Å². The molecular weight excluding hydrogens is 398 g/mol. The molecule has 0 bridgehead atoms. The molecule has 0 atom stereocenters. The summed E-state index contributed by atoms with van der Waals surface area (Å²) in [5, 5.41) is 12.0. The fraction of sp³-hybridized carbons (Fsp3) is 0.556. The van der Waals surface area contributed by atoms with Crippen molar-refractivity contribution < 1.29 is 4.79 Å². The van der Waals surface area contributed by atoms with Crippen molar-refractivity contribution in [2.24, 2.45) is 0 Å². The van der Waals surface area contributed by atoms with Crippen molar-refractivity contribution in [1.29, 1.82) is 0 Å². The smallest absolute Gasteiger partial charge is 0.234 e. The van der Waals surface area contributed by atoms with Gasteiger partial charge in [-0.25, -0.2) is 4.68 Å². The molecule has 10 heteroatoms. The third kappa shape index (κ3) is 5.60. The second-order valence-corrected chi connectivity index (χ2v) is 8.78. The molecule has 1 aliphatic rings. The van der Waals surface area contributed by atoms with Gasteiger partial charge in [-0.1, -0.05) is 11.6 Å². The minimum Gasteiger partial charge on any atom is -0.350 e. The monoisotopic (exact) mass is 423 g/mol. The molecule has 2 heterocycles. The molecule has 0 unspecified atom stereocenters. The van der Waals surface area contributed by atoms with E-state index in [4.69, 9.17) is 23.8 Å². The number of halogens is 1. The molecule has 1 aromatic carbocycles. The second kappa shape index (κ2) is 8.69. The molecule has 8 nitrogen and oxygen atoms in total. The highest BCUT2D eigenvalue weighted by Gasteiger charge is 2.22. The summed E-state index contributed by atoms with van der Waals surface area (Å²) in [4.78, 5) is 16.5. The summed E-state index contributed by atoms with van der Waals surface area (Å²) in [6, 6.07) is 7.32. The molecule has 0 radical (unpaired) electrons. The summed E-state index contributed by atoms with van der Waals surface area (Å²) in [6.07, 6.45) is 0. The number of hydrogen-bond acceptors (Lipinski definition) is 6. The Kier molecular flexibility index (Phi) is 6.49. The maximum atomic E-state index is 12.1. The van der Waals surface area contributed by atoms with Gasteiger partial charge in [-0.3, -0.25) is 14.6 Å². The molecule has 152 valence electrons. The Morgan fingerprint density at radius 2 is 1.71 bits per heavy atom. The zero-order valence-corrected chi connectivity index (χ0v) is 18.0. The van der Waals surface area contributed by atoms with Crippen molar-refractivity contribution in [3.05, 3.63) is 34.1 Å². The van der Waals surface area contributed by atoms with E-state index in [1.807, 2.05) is 32.9 Å². The van der Waals surface area contributed by atoms with Crippen LogP contribution >= 0.6 is 23.8 Å². The molecule has 1 amide bonds. The predicted molar refractivity (Wildman–Crippen MR) is 111 cm³/mol. The largest absolute Gasteiger partial charge is 0.350 e. The van der Waals surface area contributed by atoms with E-state index in [0.29, 0.717) is 23.0 Å². The van der Waals surface area contributed by atoms with E-state index in [2.05, 4.69) is 25.5 Å². The lowest BCUT2D eigenvalue weighted by Crippen LogP contribution is -2.51. The van der Waals surface area contributed by atoms with Crippen molar-refractivity contribution in [3.8, 4) is 5.69 Å².